The van der Waals surface area contributed by atoms with Crippen molar-refractivity contribution in [2.75, 3.05) is 18.2 Å². The zero-order valence-corrected chi connectivity index (χ0v) is 12.0. The number of nitrogen functional groups attached to an aromatic ring is 1. The minimum Gasteiger partial charge on any atom is -0.495 e. The van der Waals surface area contributed by atoms with Gasteiger partial charge < -0.3 is 15.8 Å². The van der Waals surface area contributed by atoms with Gasteiger partial charge in [0.1, 0.15) is 5.75 Å². The van der Waals surface area contributed by atoms with E-state index in [9.17, 15) is 4.79 Å². The predicted molar refractivity (Wildman–Crippen MR) is 81.5 cm³/mol. The zero-order chi connectivity index (χ0) is 14.7. The van der Waals surface area contributed by atoms with E-state index in [0.29, 0.717) is 27.7 Å². The largest absolute Gasteiger partial charge is 0.495 e. The van der Waals surface area contributed by atoms with E-state index in [4.69, 9.17) is 22.1 Å². The van der Waals surface area contributed by atoms with Crippen LogP contribution >= 0.6 is 11.6 Å². The highest BCUT2D eigenvalue weighted by molar-refractivity contribution is 6.34. The molecule has 2 aromatic rings. The van der Waals surface area contributed by atoms with Crippen LogP contribution in [0.3, 0.4) is 0 Å². The van der Waals surface area contributed by atoms with Gasteiger partial charge in [-0.2, -0.15) is 0 Å². The van der Waals surface area contributed by atoms with Crippen LogP contribution in [0.15, 0.2) is 36.4 Å². The average Bonchev–Trinajstić information content (AvgIpc) is 2.41. The smallest absolute Gasteiger partial charge is 0.257 e. The summed E-state index contributed by atoms with van der Waals surface area (Å²) >= 11 is 6.01. The van der Waals surface area contributed by atoms with Crippen LogP contribution in [0.1, 0.15) is 15.9 Å². The van der Waals surface area contributed by atoms with Gasteiger partial charge in [-0.05, 0) is 42.8 Å². The minimum atomic E-state index is -0.328. The third kappa shape index (κ3) is 3.03. The van der Waals surface area contributed by atoms with E-state index in [1.807, 2.05) is 19.1 Å². The van der Waals surface area contributed by atoms with Crippen molar-refractivity contribution in [3.05, 3.63) is 52.5 Å². The molecule has 0 heterocycles. The Balaban J connectivity index is 2.32. The van der Waals surface area contributed by atoms with Crippen molar-refractivity contribution in [1.82, 2.24) is 0 Å². The lowest BCUT2D eigenvalue weighted by atomic mass is 10.1. The van der Waals surface area contributed by atoms with Crippen molar-refractivity contribution < 1.29 is 9.53 Å². The molecule has 0 radical (unpaired) electrons. The molecule has 0 saturated heterocycles. The Kier molecular flexibility index (Phi) is 4.15. The molecule has 104 valence electrons. The molecule has 2 rings (SSSR count). The number of benzene rings is 2. The Hall–Kier alpha value is -2.20. The first-order chi connectivity index (χ1) is 9.51. The number of ether oxygens (including phenoxy) is 1. The third-order valence-corrected chi connectivity index (χ3v) is 3.17. The van der Waals surface area contributed by atoms with Crippen LogP contribution in [-0.2, 0) is 0 Å². The molecule has 1 amide bonds. The van der Waals surface area contributed by atoms with Gasteiger partial charge in [-0.15, -0.1) is 0 Å². The highest BCUT2D eigenvalue weighted by atomic mass is 35.5. The monoisotopic (exact) mass is 290 g/mol. The highest BCUT2D eigenvalue weighted by Crippen LogP contribution is 2.27. The van der Waals surface area contributed by atoms with Crippen LogP contribution in [0, 0.1) is 6.92 Å². The van der Waals surface area contributed by atoms with Gasteiger partial charge in [0.25, 0.3) is 5.91 Å². The summed E-state index contributed by atoms with van der Waals surface area (Å²) in [4.78, 5) is 12.3. The molecule has 3 N–H and O–H groups in total. The quantitative estimate of drug-likeness (QED) is 0.851. The number of nitrogens with one attached hydrogen (secondary N) is 1. The fourth-order valence-electron chi connectivity index (χ4n) is 1.83. The van der Waals surface area contributed by atoms with Gasteiger partial charge in [0.05, 0.1) is 23.4 Å². The van der Waals surface area contributed by atoms with Gasteiger partial charge in [0.2, 0.25) is 0 Å². The summed E-state index contributed by atoms with van der Waals surface area (Å²) in [5.41, 5.74) is 8.09. The topological polar surface area (TPSA) is 64.3 Å². The van der Waals surface area contributed by atoms with E-state index in [1.54, 1.807) is 31.4 Å². The molecule has 5 heteroatoms. The van der Waals surface area contributed by atoms with Gasteiger partial charge in [-0.25, -0.2) is 0 Å². The molecule has 20 heavy (non-hydrogen) atoms. The molecular formula is C15H15ClN2O2. The number of carbonyl (C=O) groups is 1. The molecule has 0 bridgehead atoms. The van der Waals surface area contributed by atoms with E-state index >= 15 is 0 Å². The molecule has 0 aliphatic carbocycles. The van der Waals surface area contributed by atoms with Crippen LogP contribution in [0.2, 0.25) is 5.02 Å². The SMILES string of the molecule is COc1ccc(C)cc1NC(=O)c1cc(N)ccc1Cl. The lowest BCUT2D eigenvalue weighted by molar-refractivity contribution is 0.102. The number of halogens is 1. The minimum absolute atomic E-state index is 0.328. The molecule has 0 unspecified atom stereocenters. The fourth-order valence-corrected chi connectivity index (χ4v) is 2.03. The highest BCUT2D eigenvalue weighted by Gasteiger charge is 2.13. The normalized spacial score (nSPS) is 10.2. The van der Waals surface area contributed by atoms with Crippen molar-refractivity contribution in [1.29, 1.82) is 0 Å². The number of hydrogen-bond donors (Lipinski definition) is 2. The fraction of sp³-hybridized carbons (Fsp3) is 0.133. The van der Waals surface area contributed by atoms with Gasteiger partial charge >= 0.3 is 0 Å². The molecule has 0 aromatic heterocycles. The van der Waals surface area contributed by atoms with Crippen LogP contribution in [-0.4, -0.2) is 13.0 Å². The standard InChI is InChI=1S/C15H15ClN2O2/c1-9-3-6-14(20-2)13(7-9)18-15(19)11-8-10(17)4-5-12(11)16/h3-8H,17H2,1-2H3,(H,18,19). The second-order valence-corrected chi connectivity index (χ2v) is 4.80. The molecule has 0 atom stereocenters. The van der Waals surface area contributed by atoms with Gasteiger partial charge in [0, 0.05) is 5.69 Å². The van der Waals surface area contributed by atoms with E-state index in [0.717, 1.165) is 5.56 Å². The first-order valence-electron chi connectivity index (χ1n) is 6.02. The summed E-state index contributed by atoms with van der Waals surface area (Å²) in [6.45, 7) is 1.93. The molecule has 0 saturated carbocycles. The maximum absolute atomic E-state index is 12.3. The van der Waals surface area contributed by atoms with Crippen molar-refractivity contribution in [2.24, 2.45) is 0 Å². The van der Waals surface area contributed by atoms with Crippen LogP contribution in [0.5, 0.6) is 5.75 Å². The summed E-state index contributed by atoms with van der Waals surface area (Å²) in [7, 11) is 1.55. The Morgan fingerprint density at radius 3 is 2.70 bits per heavy atom. The van der Waals surface area contributed by atoms with E-state index in [2.05, 4.69) is 5.32 Å². The van der Waals surface area contributed by atoms with E-state index in [1.165, 1.54) is 0 Å². The number of rotatable bonds is 3. The van der Waals surface area contributed by atoms with Gasteiger partial charge in [0.15, 0.2) is 0 Å². The number of hydrogen-bond acceptors (Lipinski definition) is 3. The van der Waals surface area contributed by atoms with Crippen molar-refractivity contribution >= 4 is 28.9 Å². The van der Waals surface area contributed by atoms with Crippen molar-refractivity contribution in [2.45, 2.75) is 6.92 Å². The number of methoxy groups -OCH3 is 1. The summed E-state index contributed by atoms with van der Waals surface area (Å²) < 4.78 is 5.22. The molecule has 2 aromatic carbocycles. The van der Waals surface area contributed by atoms with E-state index < -0.39 is 0 Å². The maximum Gasteiger partial charge on any atom is 0.257 e. The average molecular weight is 291 g/mol. The van der Waals surface area contributed by atoms with Crippen molar-refractivity contribution in [3.8, 4) is 5.75 Å². The summed E-state index contributed by atoms with van der Waals surface area (Å²) in [5.74, 6) is 0.259. The molecule has 4 nitrogen and oxygen atoms in total. The van der Waals surface area contributed by atoms with Crippen LogP contribution < -0.4 is 15.8 Å². The van der Waals surface area contributed by atoms with Gasteiger partial charge in [-0.1, -0.05) is 17.7 Å². The molecular weight excluding hydrogens is 276 g/mol. The van der Waals surface area contributed by atoms with E-state index in [-0.39, 0.29) is 5.91 Å². The van der Waals surface area contributed by atoms with Gasteiger partial charge in [-0.3, -0.25) is 4.79 Å². The van der Waals surface area contributed by atoms with Crippen LogP contribution in [0.4, 0.5) is 11.4 Å². The summed E-state index contributed by atoms with van der Waals surface area (Å²) in [5, 5.41) is 3.13. The number of carbonyl (C=O) groups excluding carboxylic acids is 1. The molecule has 0 spiro atoms. The second kappa shape index (κ2) is 5.84. The molecule has 0 aliphatic rings. The number of anilines is 2. The molecule has 0 fully saturated rings. The second-order valence-electron chi connectivity index (χ2n) is 4.40. The summed E-state index contributed by atoms with van der Waals surface area (Å²) in [6.07, 6.45) is 0. The lowest BCUT2D eigenvalue weighted by Gasteiger charge is -2.12. The predicted octanol–water partition coefficient (Wildman–Crippen LogP) is 3.49. The Labute approximate surface area is 122 Å². The zero-order valence-electron chi connectivity index (χ0n) is 11.2. The van der Waals surface area contributed by atoms with Crippen molar-refractivity contribution in [3.63, 3.8) is 0 Å². The Morgan fingerprint density at radius 1 is 1.25 bits per heavy atom. The Bertz CT molecular complexity index is 656. The first-order valence-corrected chi connectivity index (χ1v) is 6.40. The lowest BCUT2D eigenvalue weighted by Crippen LogP contribution is -2.13. The van der Waals surface area contributed by atoms with Crippen LogP contribution in [0.25, 0.3) is 0 Å². The first kappa shape index (κ1) is 14.2. The maximum atomic E-state index is 12.3. The Morgan fingerprint density at radius 2 is 2.00 bits per heavy atom. The summed E-state index contributed by atoms with van der Waals surface area (Å²) in [6, 6.07) is 10.3. The molecule has 0 aliphatic heterocycles. The number of aryl methyl sites for hydroxylation is 1. The third-order valence-electron chi connectivity index (χ3n) is 2.84. The number of nitrogens with two attached hydrogens (primary N) is 1. The number of amides is 1.